The van der Waals surface area contributed by atoms with Gasteiger partial charge in [-0.3, -0.25) is 9.36 Å². The molecule has 0 saturated carbocycles. The number of hydrogen-bond donors (Lipinski definition) is 0. The number of imidazole rings is 1. The van der Waals surface area contributed by atoms with Gasteiger partial charge in [0.1, 0.15) is 6.33 Å². The second-order valence-corrected chi connectivity index (χ2v) is 7.15. The minimum Gasteiger partial charge on any atom is -0.299 e. The standard InChI is InChI=1S/C23H19ClN2O/c1-16-4-2-7-20(12-16)26-15-25-21-14-18(9-10-22(21)26)23(27)11-8-17-5-3-6-19(24)13-17/h2-7,9-10,12-15H,8,11H2,1H3. The van der Waals surface area contributed by atoms with Crippen molar-refractivity contribution in [1.29, 1.82) is 0 Å². The maximum Gasteiger partial charge on any atom is 0.163 e. The smallest absolute Gasteiger partial charge is 0.163 e. The van der Waals surface area contributed by atoms with E-state index >= 15 is 0 Å². The number of aromatic nitrogens is 2. The van der Waals surface area contributed by atoms with Crippen molar-refractivity contribution >= 4 is 28.4 Å². The fourth-order valence-corrected chi connectivity index (χ4v) is 3.48. The zero-order chi connectivity index (χ0) is 18.8. The van der Waals surface area contributed by atoms with E-state index in [0.29, 0.717) is 23.4 Å². The quantitative estimate of drug-likeness (QED) is 0.413. The Balaban J connectivity index is 1.56. The highest BCUT2D eigenvalue weighted by Crippen LogP contribution is 2.21. The van der Waals surface area contributed by atoms with E-state index in [1.54, 1.807) is 6.33 Å². The van der Waals surface area contributed by atoms with Crippen LogP contribution in [0.1, 0.15) is 27.9 Å². The molecule has 0 amide bonds. The number of ketones is 1. The van der Waals surface area contributed by atoms with E-state index in [9.17, 15) is 4.79 Å². The molecular formula is C23H19ClN2O. The van der Waals surface area contributed by atoms with Crippen molar-refractivity contribution in [1.82, 2.24) is 9.55 Å². The third kappa shape index (κ3) is 3.79. The van der Waals surface area contributed by atoms with Gasteiger partial charge in [-0.25, -0.2) is 4.98 Å². The van der Waals surface area contributed by atoms with E-state index in [4.69, 9.17) is 11.6 Å². The van der Waals surface area contributed by atoms with Crippen molar-refractivity contribution in [2.75, 3.05) is 0 Å². The minimum atomic E-state index is 0.113. The van der Waals surface area contributed by atoms with Gasteiger partial charge in [0.05, 0.1) is 11.0 Å². The van der Waals surface area contributed by atoms with Crippen molar-refractivity contribution in [3.05, 3.63) is 94.8 Å². The molecule has 4 aromatic rings. The third-order valence-corrected chi connectivity index (χ3v) is 4.91. The maximum atomic E-state index is 12.6. The van der Waals surface area contributed by atoms with Crippen LogP contribution in [0.5, 0.6) is 0 Å². The fraction of sp³-hybridized carbons (Fsp3) is 0.130. The van der Waals surface area contributed by atoms with Crippen LogP contribution in [0.15, 0.2) is 73.1 Å². The lowest BCUT2D eigenvalue weighted by Gasteiger charge is -2.06. The van der Waals surface area contributed by atoms with Crippen LogP contribution in [-0.2, 0) is 6.42 Å². The summed E-state index contributed by atoms with van der Waals surface area (Å²) >= 11 is 6.01. The molecule has 134 valence electrons. The molecule has 4 rings (SSSR count). The molecule has 0 saturated heterocycles. The second kappa shape index (κ2) is 7.37. The lowest BCUT2D eigenvalue weighted by Crippen LogP contribution is -2.01. The van der Waals surface area contributed by atoms with Gasteiger partial charge in [0, 0.05) is 22.7 Å². The number of hydrogen-bond acceptors (Lipinski definition) is 2. The first-order valence-electron chi connectivity index (χ1n) is 8.92. The van der Waals surface area contributed by atoms with Gasteiger partial charge in [0.2, 0.25) is 0 Å². The molecule has 0 aliphatic carbocycles. The van der Waals surface area contributed by atoms with Crippen LogP contribution in [0.25, 0.3) is 16.7 Å². The Kier molecular flexibility index (Phi) is 4.78. The summed E-state index contributed by atoms with van der Waals surface area (Å²) in [6.45, 7) is 2.07. The summed E-state index contributed by atoms with van der Waals surface area (Å²) in [5.74, 6) is 0.113. The molecule has 3 nitrogen and oxygen atoms in total. The number of halogens is 1. The van der Waals surface area contributed by atoms with E-state index < -0.39 is 0 Å². The van der Waals surface area contributed by atoms with Crippen molar-refractivity contribution in [2.45, 2.75) is 19.8 Å². The van der Waals surface area contributed by atoms with Gasteiger partial charge in [0.25, 0.3) is 0 Å². The molecule has 0 spiro atoms. The van der Waals surface area contributed by atoms with E-state index in [2.05, 4.69) is 30.1 Å². The maximum absolute atomic E-state index is 12.6. The van der Waals surface area contributed by atoms with Gasteiger partial charge in [0.15, 0.2) is 5.78 Å². The molecule has 0 radical (unpaired) electrons. The van der Waals surface area contributed by atoms with E-state index in [-0.39, 0.29) is 5.78 Å². The summed E-state index contributed by atoms with van der Waals surface area (Å²) in [7, 11) is 0. The first-order valence-corrected chi connectivity index (χ1v) is 9.30. The van der Waals surface area contributed by atoms with Crippen LogP contribution in [-0.4, -0.2) is 15.3 Å². The normalized spacial score (nSPS) is 11.0. The summed E-state index contributed by atoms with van der Waals surface area (Å²) in [6.07, 6.45) is 2.93. The number of carbonyl (C=O) groups excluding carboxylic acids is 1. The Morgan fingerprint density at radius 3 is 2.70 bits per heavy atom. The lowest BCUT2D eigenvalue weighted by molar-refractivity contribution is 0.0983. The summed E-state index contributed by atoms with van der Waals surface area (Å²) < 4.78 is 2.04. The molecule has 3 aromatic carbocycles. The van der Waals surface area contributed by atoms with Crippen LogP contribution < -0.4 is 0 Å². The molecule has 0 unspecified atom stereocenters. The Hall–Kier alpha value is -2.91. The summed E-state index contributed by atoms with van der Waals surface area (Å²) in [6, 6.07) is 21.6. The Bertz CT molecular complexity index is 1130. The first-order chi connectivity index (χ1) is 13.1. The topological polar surface area (TPSA) is 34.9 Å². The number of fused-ring (bicyclic) bond motifs is 1. The van der Waals surface area contributed by atoms with Gasteiger partial charge in [-0.1, -0.05) is 35.9 Å². The molecule has 1 aromatic heterocycles. The lowest BCUT2D eigenvalue weighted by atomic mass is 10.0. The molecular weight excluding hydrogens is 356 g/mol. The molecule has 27 heavy (non-hydrogen) atoms. The van der Waals surface area contributed by atoms with Crippen LogP contribution >= 0.6 is 11.6 Å². The molecule has 0 N–H and O–H groups in total. The molecule has 0 atom stereocenters. The van der Waals surface area contributed by atoms with Crippen molar-refractivity contribution in [2.24, 2.45) is 0 Å². The van der Waals surface area contributed by atoms with E-state index in [1.807, 2.05) is 53.1 Å². The minimum absolute atomic E-state index is 0.113. The van der Waals surface area contributed by atoms with E-state index in [1.165, 1.54) is 5.56 Å². The highest BCUT2D eigenvalue weighted by molar-refractivity contribution is 6.30. The highest BCUT2D eigenvalue weighted by Gasteiger charge is 2.11. The fourth-order valence-electron chi connectivity index (χ4n) is 3.26. The molecule has 0 bridgehead atoms. The van der Waals surface area contributed by atoms with Gasteiger partial charge >= 0.3 is 0 Å². The third-order valence-electron chi connectivity index (χ3n) is 4.68. The molecule has 0 fully saturated rings. The molecule has 0 aliphatic heterocycles. The van der Waals surface area contributed by atoms with Crippen LogP contribution in [0.4, 0.5) is 0 Å². The zero-order valence-corrected chi connectivity index (χ0v) is 15.8. The number of nitrogens with zero attached hydrogens (tertiary/aromatic N) is 2. The molecule has 4 heteroatoms. The number of benzene rings is 3. The summed E-state index contributed by atoms with van der Waals surface area (Å²) in [5.41, 5.74) is 5.84. The average molecular weight is 375 g/mol. The second-order valence-electron chi connectivity index (χ2n) is 6.71. The zero-order valence-electron chi connectivity index (χ0n) is 15.0. The van der Waals surface area contributed by atoms with Crippen molar-refractivity contribution < 1.29 is 4.79 Å². The van der Waals surface area contributed by atoms with Gasteiger partial charge in [-0.15, -0.1) is 0 Å². The molecule has 0 aliphatic rings. The van der Waals surface area contributed by atoms with Gasteiger partial charge in [-0.05, 0) is 66.9 Å². The summed E-state index contributed by atoms with van der Waals surface area (Å²) in [4.78, 5) is 17.1. The Morgan fingerprint density at radius 1 is 1.04 bits per heavy atom. The highest BCUT2D eigenvalue weighted by atomic mass is 35.5. The SMILES string of the molecule is Cc1cccc(-n2cnc3cc(C(=O)CCc4cccc(Cl)c4)ccc32)c1. The summed E-state index contributed by atoms with van der Waals surface area (Å²) in [5, 5.41) is 0.697. The van der Waals surface area contributed by atoms with Gasteiger partial charge < -0.3 is 0 Å². The predicted octanol–water partition coefficient (Wildman–Crippen LogP) is 5.80. The Labute approximate surface area is 163 Å². The predicted molar refractivity (Wildman–Crippen MR) is 110 cm³/mol. The Morgan fingerprint density at radius 2 is 1.89 bits per heavy atom. The van der Waals surface area contributed by atoms with Crippen LogP contribution in [0.3, 0.4) is 0 Å². The average Bonchev–Trinajstić information content (AvgIpc) is 3.09. The van der Waals surface area contributed by atoms with E-state index in [0.717, 1.165) is 22.3 Å². The number of Topliss-reactive ketones (excluding diaryl/α,β-unsaturated/α-hetero) is 1. The largest absolute Gasteiger partial charge is 0.299 e. The van der Waals surface area contributed by atoms with Crippen molar-refractivity contribution in [3.8, 4) is 5.69 Å². The number of rotatable bonds is 5. The van der Waals surface area contributed by atoms with Crippen LogP contribution in [0, 0.1) is 6.92 Å². The van der Waals surface area contributed by atoms with Crippen LogP contribution in [0.2, 0.25) is 5.02 Å². The monoisotopic (exact) mass is 374 g/mol. The number of carbonyl (C=O) groups is 1. The molecule has 1 heterocycles. The van der Waals surface area contributed by atoms with Crippen molar-refractivity contribution in [3.63, 3.8) is 0 Å². The first kappa shape index (κ1) is 17.5. The number of aryl methyl sites for hydroxylation is 2. The van der Waals surface area contributed by atoms with Gasteiger partial charge in [-0.2, -0.15) is 0 Å².